The molecule has 2 saturated heterocycles. The highest BCUT2D eigenvalue weighted by molar-refractivity contribution is 6.00. The third kappa shape index (κ3) is 3.01. The SMILES string of the molecule is O=C(c1cc2ccccc2o1)N1CCCC12CCCN(Cc1ccccc1)C2=O. The molecule has 5 rings (SSSR count). The summed E-state index contributed by atoms with van der Waals surface area (Å²) in [7, 11) is 0. The first-order valence-electron chi connectivity index (χ1n) is 10.3. The van der Waals surface area contributed by atoms with Crippen molar-refractivity contribution in [3.8, 4) is 0 Å². The molecule has 2 aromatic carbocycles. The summed E-state index contributed by atoms with van der Waals surface area (Å²) in [5.41, 5.74) is 1.08. The van der Waals surface area contributed by atoms with Crippen molar-refractivity contribution in [3.05, 3.63) is 72.0 Å². The number of benzene rings is 2. The van der Waals surface area contributed by atoms with Crippen LogP contribution in [0.25, 0.3) is 11.0 Å². The zero-order valence-corrected chi connectivity index (χ0v) is 16.3. The normalized spacial score (nSPS) is 22.0. The smallest absolute Gasteiger partial charge is 0.290 e. The molecule has 1 unspecified atom stereocenters. The summed E-state index contributed by atoms with van der Waals surface area (Å²) < 4.78 is 5.82. The van der Waals surface area contributed by atoms with Crippen molar-refractivity contribution in [3.63, 3.8) is 0 Å². The average Bonchev–Trinajstić information content (AvgIpc) is 3.37. The van der Waals surface area contributed by atoms with Crippen molar-refractivity contribution < 1.29 is 14.0 Å². The number of rotatable bonds is 3. The minimum Gasteiger partial charge on any atom is -0.451 e. The highest BCUT2D eigenvalue weighted by Gasteiger charge is 2.53. The Labute approximate surface area is 169 Å². The Kier molecular flexibility index (Phi) is 4.38. The summed E-state index contributed by atoms with van der Waals surface area (Å²) >= 11 is 0. The predicted molar refractivity (Wildman–Crippen MR) is 110 cm³/mol. The Bertz CT molecular complexity index is 1030. The number of para-hydroxylation sites is 1. The highest BCUT2D eigenvalue weighted by atomic mass is 16.3. The molecule has 3 heterocycles. The topological polar surface area (TPSA) is 53.8 Å². The number of piperidine rings is 1. The van der Waals surface area contributed by atoms with Gasteiger partial charge in [0.2, 0.25) is 5.91 Å². The van der Waals surface area contributed by atoms with E-state index < -0.39 is 5.54 Å². The van der Waals surface area contributed by atoms with Crippen molar-refractivity contribution in [2.75, 3.05) is 13.1 Å². The van der Waals surface area contributed by atoms with Crippen LogP contribution >= 0.6 is 0 Å². The van der Waals surface area contributed by atoms with Crippen LogP contribution in [0.5, 0.6) is 0 Å². The van der Waals surface area contributed by atoms with Crippen LogP contribution < -0.4 is 0 Å². The molecule has 5 heteroatoms. The fourth-order valence-electron chi connectivity index (χ4n) is 4.90. The number of carbonyl (C=O) groups is 2. The van der Waals surface area contributed by atoms with E-state index in [9.17, 15) is 9.59 Å². The summed E-state index contributed by atoms with van der Waals surface area (Å²) in [5, 5.41) is 0.907. The van der Waals surface area contributed by atoms with Gasteiger partial charge >= 0.3 is 0 Å². The van der Waals surface area contributed by atoms with Crippen LogP contribution in [0.4, 0.5) is 0 Å². The quantitative estimate of drug-likeness (QED) is 0.675. The first-order valence-corrected chi connectivity index (χ1v) is 10.3. The second-order valence-corrected chi connectivity index (χ2v) is 8.06. The molecular weight excluding hydrogens is 364 g/mol. The monoisotopic (exact) mass is 388 g/mol. The molecule has 2 amide bonds. The lowest BCUT2D eigenvalue weighted by Crippen LogP contribution is -2.61. The Hall–Kier alpha value is -3.08. The third-order valence-electron chi connectivity index (χ3n) is 6.29. The van der Waals surface area contributed by atoms with E-state index in [4.69, 9.17) is 4.42 Å². The van der Waals surface area contributed by atoms with Gasteiger partial charge in [-0.15, -0.1) is 0 Å². The first-order chi connectivity index (χ1) is 14.2. The van der Waals surface area contributed by atoms with E-state index in [1.54, 1.807) is 11.0 Å². The van der Waals surface area contributed by atoms with E-state index in [-0.39, 0.29) is 11.8 Å². The lowest BCUT2D eigenvalue weighted by atomic mass is 9.85. The number of amides is 2. The predicted octanol–water partition coefficient (Wildman–Crippen LogP) is 4.23. The number of hydrogen-bond donors (Lipinski definition) is 0. The van der Waals surface area contributed by atoms with Gasteiger partial charge in [-0.3, -0.25) is 9.59 Å². The van der Waals surface area contributed by atoms with Crippen molar-refractivity contribution in [1.29, 1.82) is 0 Å². The summed E-state index contributed by atoms with van der Waals surface area (Å²) in [6.07, 6.45) is 3.20. The van der Waals surface area contributed by atoms with Crippen LogP contribution in [0.2, 0.25) is 0 Å². The molecule has 0 bridgehead atoms. The molecule has 0 saturated carbocycles. The maximum atomic E-state index is 13.6. The zero-order valence-electron chi connectivity index (χ0n) is 16.3. The molecule has 1 aromatic heterocycles. The summed E-state index contributed by atoms with van der Waals surface area (Å²) in [6, 6.07) is 19.5. The Morgan fingerprint density at radius 3 is 2.48 bits per heavy atom. The lowest BCUT2D eigenvalue weighted by molar-refractivity contribution is -0.146. The van der Waals surface area contributed by atoms with Crippen LogP contribution in [0.15, 0.2) is 65.1 Å². The third-order valence-corrected chi connectivity index (χ3v) is 6.29. The molecule has 0 N–H and O–H groups in total. The number of hydrogen-bond acceptors (Lipinski definition) is 3. The van der Waals surface area contributed by atoms with E-state index in [1.165, 1.54) is 0 Å². The van der Waals surface area contributed by atoms with Gasteiger partial charge in [0.1, 0.15) is 11.1 Å². The van der Waals surface area contributed by atoms with Gasteiger partial charge in [0.25, 0.3) is 5.91 Å². The van der Waals surface area contributed by atoms with Crippen LogP contribution in [0.3, 0.4) is 0 Å². The lowest BCUT2D eigenvalue weighted by Gasteiger charge is -2.44. The summed E-state index contributed by atoms with van der Waals surface area (Å²) in [5.74, 6) is 0.226. The minimum atomic E-state index is -0.733. The van der Waals surface area contributed by atoms with Crippen LogP contribution in [-0.4, -0.2) is 40.2 Å². The van der Waals surface area contributed by atoms with Crippen LogP contribution in [0.1, 0.15) is 41.8 Å². The van der Waals surface area contributed by atoms with E-state index in [0.29, 0.717) is 24.4 Å². The van der Waals surface area contributed by atoms with Gasteiger partial charge in [0, 0.05) is 25.0 Å². The van der Waals surface area contributed by atoms with Crippen molar-refractivity contribution in [2.45, 2.75) is 37.8 Å². The fourth-order valence-corrected chi connectivity index (χ4v) is 4.90. The molecule has 2 aliphatic heterocycles. The zero-order chi connectivity index (χ0) is 19.8. The average molecular weight is 388 g/mol. The number of furan rings is 1. The number of fused-ring (bicyclic) bond motifs is 1. The molecule has 0 aliphatic carbocycles. The summed E-state index contributed by atoms with van der Waals surface area (Å²) in [6.45, 7) is 1.93. The Morgan fingerprint density at radius 1 is 0.966 bits per heavy atom. The number of carbonyl (C=O) groups excluding carboxylic acids is 2. The second-order valence-electron chi connectivity index (χ2n) is 8.06. The molecule has 1 spiro atoms. The molecule has 5 nitrogen and oxygen atoms in total. The second kappa shape index (κ2) is 7.07. The van der Waals surface area contributed by atoms with Gasteiger partial charge < -0.3 is 14.2 Å². The Morgan fingerprint density at radius 2 is 1.69 bits per heavy atom. The van der Waals surface area contributed by atoms with Gasteiger partial charge in [-0.05, 0) is 43.4 Å². The van der Waals surface area contributed by atoms with Crippen molar-refractivity contribution in [1.82, 2.24) is 9.80 Å². The van der Waals surface area contributed by atoms with Gasteiger partial charge in [-0.25, -0.2) is 0 Å². The van der Waals surface area contributed by atoms with Crippen molar-refractivity contribution >= 4 is 22.8 Å². The van der Waals surface area contributed by atoms with Gasteiger partial charge in [0.05, 0.1) is 0 Å². The molecule has 29 heavy (non-hydrogen) atoms. The van der Waals surface area contributed by atoms with Crippen LogP contribution in [-0.2, 0) is 11.3 Å². The molecule has 0 radical (unpaired) electrons. The van der Waals surface area contributed by atoms with Crippen molar-refractivity contribution in [2.24, 2.45) is 0 Å². The van der Waals surface area contributed by atoms with E-state index in [1.807, 2.05) is 59.5 Å². The maximum Gasteiger partial charge on any atom is 0.290 e. The van der Waals surface area contributed by atoms with Gasteiger partial charge in [-0.2, -0.15) is 0 Å². The maximum absolute atomic E-state index is 13.6. The largest absolute Gasteiger partial charge is 0.451 e. The van der Waals surface area contributed by atoms with Gasteiger partial charge in [-0.1, -0.05) is 48.5 Å². The van der Waals surface area contributed by atoms with Crippen LogP contribution in [0, 0.1) is 0 Å². The molecule has 1 atom stereocenters. The highest BCUT2D eigenvalue weighted by Crippen LogP contribution is 2.40. The summed E-state index contributed by atoms with van der Waals surface area (Å²) in [4.78, 5) is 30.6. The Balaban J connectivity index is 1.43. The molecule has 3 aromatic rings. The number of nitrogens with zero attached hydrogens (tertiary/aromatic N) is 2. The molecule has 2 aliphatic rings. The van der Waals surface area contributed by atoms with E-state index in [0.717, 1.165) is 43.2 Å². The van der Waals surface area contributed by atoms with E-state index in [2.05, 4.69) is 0 Å². The standard InChI is InChI=1S/C24H24N2O3/c27-22(21-16-19-10-4-5-11-20(19)29-21)26-15-7-13-24(26)12-6-14-25(23(24)28)17-18-8-2-1-3-9-18/h1-5,8-11,16H,6-7,12-15,17H2. The number of likely N-dealkylation sites (tertiary alicyclic amines) is 2. The fraction of sp³-hybridized carbons (Fsp3) is 0.333. The molecule has 2 fully saturated rings. The molecule has 148 valence electrons. The molecular formula is C24H24N2O3. The first kappa shape index (κ1) is 18.0. The van der Waals surface area contributed by atoms with Gasteiger partial charge in [0.15, 0.2) is 5.76 Å². The van der Waals surface area contributed by atoms with E-state index >= 15 is 0 Å². The minimum absolute atomic E-state index is 0.0783.